The molecule has 0 radical (unpaired) electrons. The third-order valence-corrected chi connectivity index (χ3v) is 3.47. The predicted molar refractivity (Wildman–Crippen MR) is 69.0 cm³/mol. The monoisotopic (exact) mass is 289 g/mol. The van der Waals surface area contributed by atoms with Crippen molar-refractivity contribution in [2.24, 2.45) is 0 Å². The number of benzene rings is 1. The summed E-state index contributed by atoms with van der Waals surface area (Å²) >= 11 is 5.46. The summed E-state index contributed by atoms with van der Waals surface area (Å²) in [6, 6.07) is 5.62. The Morgan fingerprint density at radius 2 is 1.89 bits per heavy atom. The summed E-state index contributed by atoms with van der Waals surface area (Å²) in [6.07, 6.45) is 0. The van der Waals surface area contributed by atoms with Crippen molar-refractivity contribution in [3.8, 4) is 0 Å². The number of sulfonamides is 1. The van der Waals surface area contributed by atoms with Gasteiger partial charge in [-0.25, -0.2) is 17.9 Å². The van der Waals surface area contributed by atoms with E-state index in [1.807, 2.05) is 0 Å². The molecule has 0 aliphatic heterocycles. The summed E-state index contributed by atoms with van der Waals surface area (Å²) in [6.45, 7) is 3.34. The zero-order valence-corrected chi connectivity index (χ0v) is 11.0. The lowest BCUT2D eigenvalue weighted by Gasteiger charge is -2.06. The van der Waals surface area contributed by atoms with Gasteiger partial charge in [-0.1, -0.05) is 30.3 Å². The van der Waals surface area contributed by atoms with Gasteiger partial charge in [-0.2, -0.15) is 0 Å². The maximum absolute atomic E-state index is 11.6. The summed E-state index contributed by atoms with van der Waals surface area (Å²) in [5.41, 5.74) is 0.603. The molecule has 1 aromatic rings. The van der Waals surface area contributed by atoms with Crippen molar-refractivity contribution in [2.45, 2.75) is 5.75 Å². The van der Waals surface area contributed by atoms with Crippen LogP contribution in [0.5, 0.6) is 0 Å². The molecule has 0 spiro atoms. The number of hydrogen-bond donors (Lipinski definition) is 2. The lowest BCUT2D eigenvalue weighted by molar-refractivity contribution is 0.0697. The van der Waals surface area contributed by atoms with Gasteiger partial charge in [0, 0.05) is 11.6 Å². The maximum Gasteiger partial charge on any atom is 0.335 e. The van der Waals surface area contributed by atoms with Crippen LogP contribution in [0.25, 0.3) is 0 Å². The van der Waals surface area contributed by atoms with E-state index >= 15 is 0 Å². The van der Waals surface area contributed by atoms with Gasteiger partial charge in [0.1, 0.15) is 0 Å². The Kier molecular flexibility index (Phi) is 4.89. The van der Waals surface area contributed by atoms with Crippen molar-refractivity contribution in [1.82, 2.24) is 4.72 Å². The zero-order valence-electron chi connectivity index (χ0n) is 9.39. The molecule has 98 valence electrons. The first-order valence-electron chi connectivity index (χ1n) is 4.93. The van der Waals surface area contributed by atoms with Crippen LogP contribution in [0, 0.1) is 0 Å². The molecule has 0 aromatic heterocycles. The number of nitrogens with one attached hydrogen (secondary N) is 1. The lowest BCUT2D eigenvalue weighted by atomic mass is 10.1. The second-order valence-corrected chi connectivity index (χ2v) is 5.94. The van der Waals surface area contributed by atoms with E-state index in [1.165, 1.54) is 24.3 Å². The molecule has 0 saturated carbocycles. The van der Waals surface area contributed by atoms with Crippen LogP contribution in [0.1, 0.15) is 15.9 Å². The van der Waals surface area contributed by atoms with E-state index in [1.54, 1.807) is 0 Å². The molecule has 18 heavy (non-hydrogen) atoms. The standard InChI is InChI=1S/C11H12ClNO4S/c1-8(12)6-13-18(16,17)7-9-2-4-10(5-3-9)11(14)15/h2-5,13H,1,6-7H2,(H,14,15). The number of rotatable bonds is 6. The highest BCUT2D eigenvalue weighted by Crippen LogP contribution is 2.08. The highest BCUT2D eigenvalue weighted by Gasteiger charge is 2.11. The summed E-state index contributed by atoms with van der Waals surface area (Å²) in [5, 5.41) is 8.89. The van der Waals surface area contributed by atoms with Gasteiger partial charge >= 0.3 is 5.97 Å². The Balaban J connectivity index is 2.72. The third-order valence-electron chi connectivity index (χ3n) is 2.04. The van der Waals surface area contributed by atoms with Gasteiger partial charge < -0.3 is 5.11 Å². The smallest absolute Gasteiger partial charge is 0.335 e. The van der Waals surface area contributed by atoms with Crippen LogP contribution in [0.4, 0.5) is 0 Å². The highest BCUT2D eigenvalue weighted by molar-refractivity contribution is 7.88. The second kappa shape index (κ2) is 5.99. The molecule has 2 N–H and O–H groups in total. The minimum Gasteiger partial charge on any atom is -0.478 e. The molecule has 0 saturated heterocycles. The molecule has 0 unspecified atom stereocenters. The van der Waals surface area contributed by atoms with Crippen molar-refractivity contribution in [2.75, 3.05) is 6.54 Å². The molecule has 1 aromatic carbocycles. The second-order valence-electron chi connectivity index (χ2n) is 3.60. The van der Waals surface area contributed by atoms with E-state index in [-0.39, 0.29) is 22.9 Å². The van der Waals surface area contributed by atoms with Gasteiger partial charge in [0.25, 0.3) is 0 Å². The summed E-state index contributed by atoms with van der Waals surface area (Å²) in [5.74, 6) is -1.29. The van der Waals surface area contributed by atoms with Crippen LogP contribution in [-0.2, 0) is 15.8 Å². The Morgan fingerprint density at radius 3 is 2.33 bits per heavy atom. The lowest BCUT2D eigenvalue weighted by Crippen LogP contribution is -2.26. The topological polar surface area (TPSA) is 83.5 Å². The van der Waals surface area contributed by atoms with Crippen LogP contribution >= 0.6 is 11.6 Å². The summed E-state index contributed by atoms with van der Waals surface area (Å²) < 4.78 is 25.5. The fourth-order valence-corrected chi connectivity index (χ4v) is 2.48. The molecule has 0 amide bonds. The number of hydrogen-bond acceptors (Lipinski definition) is 3. The van der Waals surface area contributed by atoms with E-state index in [0.717, 1.165) is 0 Å². The van der Waals surface area contributed by atoms with E-state index in [0.29, 0.717) is 5.56 Å². The summed E-state index contributed by atoms with van der Waals surface area (Å²) in [7, 11) is -3.51. The van der Waals surface area contributed by atoms with Crippen LogP contribution in [-0.4, -0.2) is 26.0 Å². The molecule has 0 heterocycles. The SMILES string of the molecule is C=C(Cl)CNS(=O)(=O)Cc1ccc(C(=O)O)cc1. The van der Waals surface area contributed by atoms with Crippen LogP contribution < -0.4 is 4.72 Å². The van der Waals surface area contributed by atoms with E-state index in [9.17, 15) is 13.2 Å². The maximum atomic E-state index is 11.6. The predicted octanol–water partition coefficient (Wildman–Crippen LogP) is 1.56. The van der Waals surface area contributed by atoms with Gasteiger partial charge in [-0.3, -0.25) is 0 Å². The van der Waals surface area contributed by atoms with Crippen molar-refractivity contribution in [3.05, 3.63) is 47.0 Å². The number of halogens is 1. The van der Waals surface area contributed by atoms with Gasteiger partial charge in [0.2, 0.25) is 10.0 Å². The minimum absolute atomic E-state index is 0.0307. The molecule has 0 fully saturated rings. The van der Waals surface area contributed by atoms with E-state index < -0.39 is 16.0 Å². The fourth-order valence-electron chi connectivity index (χ4n) is 1.20. The quantitative estimate of drug-likeness (QED) is 0.832. The van der Waals surface area contributed by atoms with Gasteiger partial charge in [-0.05, 0) is 17.7 Å². The van der Waals surface area contributed by atoms with Crippen molar-refractivity contribution >= 4 is 27.6 Å². The Labute approximate surface area is 110 Å². The molecule has 0 aliphatic carbocycles. The highest BCUT2D eigenvalue weighted by atomic mass is 35.5. The Hall–Kier alpha value is -1.37. The molecular formula is C11H12ClNO4S. The van der Waals surface area contributed by atoms with Crippen molar-refractivity contribution in [3.63, 3.8) is 0 Å². The minimum atomic E-state index is -3.51. The van der Waals surface area contributed by atoms with Crippen LogP contribution in [0.15, 0.2) is 35.9 Å². The number of carbonyl (C=O) groups is 1. The molecule has 0 bridgehead atoms. The van der Waals surface area contributed by atoms with Gasteiger partial charge in [-0.15, -0.1) is 0 Å². The largest absolute Gasteiger partial charge is 0.478 e. The summed E-state index contributed by atoms with van der Waals surface area (Å²) in [4.78, 5) is 10.6. The molecule has 5 nitrogen and oxygen atoms in total. The molecule has 0 atom stereocenters. The molecular weight excluding hydrogens is 278 g/mol. The first kappa shape index (κ1) is 14.7. The zero-order chi connectivity index (χ0) is 13.8. The number of carboxylic acids is 1. The Morgan fingerprint density at radius 1 is 1.33 bits per heavy atom. The molecule has 1 rings (SSSR count). The Bertz CT molecular complexity index is 551. The van der Waals surface area contributed by atoms with E-state index in [2.05, 4.69) is 11.3 Å². The van der Waals surface area contributed by atoms with Gasteiger partial charge in [0.05, 0.1) is 11.3 Å². The first-order valence-corrected chi connectivity index (χ1v) is 6.96. The average Bonchev–Trinajstić information content (AvgIpc) is 2.27. The third kappa shape index (κ3) is 4.87. The van der Waals surface area contributed by atoms with Gasteiger partial charge in [0.15, 0.2) is 0 Å². The van der Waals surface area contributed by atoms with Crippen molar-refractivity contribution in [1.29, 1.82) is 0 Å². The normalized spacial score (nSPS) is 11.2. The van der Waals surface area contributed by atoms with Crippen molar-refractivity contribution < 1.29 is 18.3 Å². The first-order chi connectivity index (χ1) is 8.30. The molecule has 0 aliphatic rings. The molecule has 7 heteroatoms. The average molecular weight is 290 g/mol. The number of carboxylic acid groups (broad SMARTS) is 1. The van der Waals surface area contributed by atoms with E-state index in [4.69, 9.17) is 16.7 Å². The fraction of sp³-hybridized carbons (Fsp3) is 0.182. The number of aromatic carboxylic acids is 1. The van der Waals surface area contributed by atoms with Crippen LogP contribution in [0.3, 0.4) is 0 Å². The van der Waals surface area contributed by atoms with Crippen LogP contribution in [0.2, 0.25) is 0 Å².